The number of carbonyl (C=O) groups is 10. The molecule has 2 heterocycles. The van der Waals surface area contributed by atoms with E-state index < -0.39 is 136 Å². The summed E-state index contributed by atoms with van der Waals surface area (Å²) in [5.41, 5.74) is 1.20. The molecule has 0 aliphatic carbocycles. The summed E-state index contributed by atoms with van der Waals surface area (Å²) in [7, 11) is 2.50. The second kappa shape index (κ2) is 50.0. The summed E-state index contributed by atoms with van der Waals surface area (Å²) in [4.78, 5) is 170. The largest absolute Gasteiger partial charge is 0 e. The van der Waals surface area contributed by atoms with Gasteiger partial charge in [0, 0.05) is 109 Å². The molecule has 4 amide bonds. The Bertz CT molecular complexity index is 2660. The molecule has 0 fully saturated rings. The average Bonchev–Trinajstić information content (AvgIpc) is 3.95. The zero-order chi connectivity index (χ0) is 67.2. The Morgan fingerprint density at radius 2 is 0.830 bits per heavy atom. The SMILES string of the molecule is CN(CC(=O)O)C(=O)CN(CCCn1ccnc1CN(CCc1ccc(NS(=O)[O-])cc1)Cc1nccn1CCCN(CC(=O)N(C)CC(=O)O)CC(=O)N(CC(=O)O)CC(=O)O)CC(=O)N(CC(=O)O)CC(=O)O.O=C=O.O=C=O.[C-]#[O+].[C-]#[O+].[C-]#[O+].[Re]. The van der Waals surface area contributed by atoms with Crippen LogP contribution in [0.2, 0.25) is 0 Å². The minimum Gasteiger partial charge on any atom is 0 e. The Balaban J connectivity index is -0.00000252. The quantitative estimate of drug-likeness (QED) is 0.0163. The van der Waals surface area contributed by atoms with Crippen LogP contribution in [0.1, 0.15) is 30.1 Å². The van der Waals surface area contributed by atoms with Gasteiger partial charge in [-0.15, -0.1) is 0 Å². The van der Waals surface area contributed by atoms with Gasteiger partial charge in [-0.1, -0.05) is 12.1 Å². The number of nitrogens with one attached hydrogen (secondary N) is 1. The topological polar surface area (TPSA) is 531 Å². The fourth-order valence-electron chi connectivity index (χ4n) is 7.39. The van der Waals surface area contributed by atoms with Crippen molar-refractivity contribution in [3.63, 3.8) is 0 Å². The number of carboxylic acid groups (broad SMARTS) is 6. The van der Waals surface area contributed by atoms with Crippen molar-refractivity contribution in [1.82, 2.24) is 53.4 Å². The molecule has 0 saturated heterocycles. The molecule has 1 radical (unpaired) electrons. The predicted octanol–water partition coefficient (Wildman–Crippen LogP) is -4.29. The molecule has 0 saturated carbocycles. The second-order valence-electron chi connectivity index (χ2n) is 17.2. The Morgan fingerprint density at radius 1 is 0.523 bits per heavy atom. The van der Waals surface area contributed by atoms with Crippen LogP contribution in [0.4, 0.5) is 5.69 Å². The van der Waals surface area contributed by atoms with Crippen molar-refractivity contribution in [2.45, 2.75) is 45.4 Å². The molecule has 0 aliphatic heterocycles. The van der Waals surface area contributed by atoms with Gasteiger partial charge in [0.05, 0.1) is 39.3 Å². The van der Waals surface area contributed by atoms with Gasteiger partial charge in [-0.05, 0) is 37.0 Å². The maximum atomic E-state index is 13.2. The van der Waals surface area contributed by atoms with E-state index in [-0.39, 0.29) is 84.8 Å². The van der Waals surface area contributed by atoms with E-state index in [2.05, 4.69) is 34.6 Å². The van der Waals surface area contributed by atoms with Crippen LogP contribution in [0.5, 0.6) is 0 Å². The van der Waals surface area contributed by atoms with Crippen LogP contribution >= 0.6 is 0 Å². The number of carboxylic acids is 6. The van der Waals surface area contributed by atoms with E-state index in [0.29, 0.717) is 40.1 Å². The van der Waals surface area contributed by atoms with Gasteiger partial charge >= 0.3 is 82.0 Å². The van der Waals surface area contributed by atoms with Crippen molar-refractivity contribution in [2.75, 3.05) is 104 Å². The van der Waals surface area contributed by atoms with Gasteiger partial charge in [-0.2, -0.15) is 19.2 Å². The minimum absolute atomic E-state index is 0. The van der Waals surface area contributed by atoms with E-state index >= 15 is 0 Å². The van der Waals surface area contributed by atoms with Crippen molar-refractivity contribution in [3.8, 4) is 0 Å². The molecule has 0 bridgehead atoms. The molecule has 39 heteroatoms. The second-order valence-corrected chi connectivity index (χ2v) is 17.9. The summed E-state index contributed by atoms with van der Waals surface area (Å²) < 4.78 is 50.8. The first-order valence-corrected chi connectivity index (χ1v) is 25.4. The number of hydrogen-bond acceptors (Lipinski definition) is 21. The van der Waals surface area contributed by atoms with E-state index in [1.165, 1.54) is 23.9 Å². The Labute approximate surface area is 516 Å². The zero-order valence-corrected chi connectivity index (χ0v) is 50.4. The number of amides is 4. The number of carbonyl (C=O) groups excluding carboxylic acids is 8. The molecule has 2 aromatic heterocycles. The van der Waals surface area contributed by atoms with Crippen LogP contribution in [0, 0.1) is 20.0 Å². The number of imidazole rings is 2. The van der Waals surface area contributed by atoms with E-state index in [0.717, 1.165) is 15.4 Å². The molecule has 3 aromatic rings. The number of aliphatic carboxylic acids is 6. The number of aromatic nitrogens is 4. The molecule has 7 N–H and O–H groups in total. The molecular weight excluding hydrogens is 1370 g/mol. The third-order valence-electron chi connectivity index (χ3n) is 11.0. The van der Waals surface area contributed by atoms with Crippen molar-refractivity contribution >= 4 is 88.7 Å². The van der Waals surface area contributed by atoms with Gasteiger partial charge in [0.15, 0.2) is 0 Å². The maximum absolute atomic E-state index is 13.2. The predicted molar refractivity (Wildman–Crippen MR) is 279 cm³/mol. The zero-order valence-electron chi connectivity index (χ0n) is 46.9. The third-order valence-corrected chi connectivity index (χ3v) is 11.4. The van der Waals surface area contributed by atoms with Gasteiger partial charge in [0.1, 0.15) is 50.9 Å². The van der Waals surface area contributed by atoms with E-state index in [4.69, 9.17) is 33.1 Å². The molecule has 1 unspecified atom stereocenters. The number of rotatable bonds is 37. The number of anilines is 1. The Kier molecular flexibility index (Phi) is 48.4. The number of nitrogens with zero attached hydrogens (tertiary/aromatic N) is 11. The van der Waals surface area contributed by atoms with E-state index in [9.17, 15) is 87.3 Å². The number of likely N-dealkylation sites (N-methyl/N-ethyl adjacent to an activating group) is 2. The number of benzene rings is 1. The van der Waals surface area contributed by atoms with Crippen molar-refractivity contribution < 1.29 is 141 Å². The van der Waals surface area contributed by atoms with Crippen molar-refractivity contribution in [2.24, 2.45) is 0 Å². The first-order chi connectivity index (χ1) is 41.2. The molecule has 3 rings (SSSR count). The minimum atomic E-state index is -2.54. The van der Waals surface area contributed by atoms with Gasteiger partial charge in [-0.25, -0.2) is 9.97 Å². The third kappa shape index (κ3) is 39.4. The summed E-state index contributed by atoms with van der Waals surface area (Å²) in [6.45, 7) is 7.97. The van der Waals surface area contributed by atoms with E-state index in [1.807, 2.05) is 14.0 Å². The smallest absolute Gasteiger partial charge is 0 e. The van der Waals surface area contributed by atoms with Crippen molar-refractivity contribution in [1.29, 1.82) is 0 Å². The first-order valence-electron chi connectivity index (χ1n) is 24.3. The first kappa shape index (κ1) is 85.2. The molecule has 0 aliphatic rings. The van der Waals surface area contributed by atoms with Gasteiger partial charge in [0.25, 0.3) is 0 Å². The maximum Gasteiger partial charge on any atom is 0 e. The summed E-state index contributed by atoms with van der Waals surface area (Å²) in [5, 5.41) is 55.6. The summed E-state index contributed by atoms with van der Waals surface area (Å²) in [5.74, 6) is -10.4. The number of hydrogen-bond donors (Lipinski definition) is 7. The standard InChI is InChI=1S/C44H62N12O18S.2CO2.3CO.Re/c1-48(25-39(61)62)35(57)21-50(23-37(59)55(27-41(65)66)28-42(67)68)12-3-14-53-17-10-45-33(53)19-52(16-9-31-5-7-32(8-6-31)47-75(73)74)20-34-46-11-18-54(34)15-4-13-51(22-36(58)49(2)26-40(63)64)24-38(60)56(29-43(69)70)30-44(71)72;2*2-1-3;3*1-2;/h5-8,10-11,17-18,47H,3-4,9,12-16,19-30H2,1-2H3,(H,61,62)(H,63,64)(H,65,66)(H,67,68)(H,69,70)(H,71,72)(H,73,74);;;;;;/p-1. The fourth-order valence-corrected chi connectivity index (χ4v) is 7.72. The van der Waals surface area contributed by atoms with Crippen LogP contribution < -0.4 is 4.72 Å². The summed E-state index contributed by atoms with van der Waals surface area (Å²) in [6, 6.07) is 6.71. The van der Waals surface area contributed by atoms with Crippen LogP contribution in [0.15, 0.2) is 49.1 Å². The molecule has 1 aromatic carbocycles. The van der Waals surface area contributed by atoms with Crippen LogP contribution in [0.3, 0.4) is 0 Å². The van der Waals surface area contributed by atoms with Gasteiger partial charge in [0.2, 0.25) is 23.6 Å². The molecule has 481 valence electrons. The Hall–Kier alpha value is -9.23. The molecule has 0 spiro atoms. The van der Waals surface area contributed by atoms with Crippen LogP contribution in [0.25, 0.3) is 0 Å². The van der Waals surface area contributed by atoms with Gasteiger partial charge in [-0.3, -0.25) is 66.9 Å². The normalized spacial score (nSPS) is 10.1. The van der Waals surface area contributed by atoms with E-state index in [1.54, 1.807) is 49.1 Å². The van der Waals surface area contributed by atoms with Crippen LogP contribution in [-0.2, 0) is 145 Å². The summed E-state index contributed by atoms with van der Waals surface area (Å²) in [6.07, 6.45) is 8.02. The molecule has 37 nitrogen and oxygen atoms in total. The monoisotopic (exact) mass is 1440 g/mol. The summed E-state index contributed by atoms with van der Waals surface area (Å²) >= 11 is -2.54. The van der Waals surface area contributed by atoms with Gasteiger partial charge < -0.3 is 68.6 Å². The molecular formula is C49H61N12O25ReS-. The van der Waals surface area contributed by atoms with Crippen molar-refractivity contribution in [3.05, 3.63) is 86.2 Å². The Morgan fingerprint density at radius 3 is 1.12 bits per heavy atom. The number of aryl methyl sites for hydroxylation is 2. The van der Waals surface area contributed by atoms with Crippen LogP contribution in [-0.4, -0.2) is 264 Å². The molecule has 1 atom stereocenters. The fraction of sp³-hybridized carbons (Fsp3) is 0.449. The molecule has 88 heavy (non-hydrogen) atoms. The average molecular weight is 1440 g/mol.